The van der Waals surface area contributed by atoms with Crippen LogP contribution >= 0.6 is 12.4 Å². The first-order chi connectivity index (χ1) is 8.45. The average Bonchev–Trinajstić information content (AvgIpc) is 2.33. The Balaban J connectivity index is 0.00000324. The highest BCUT2D eigenvalue weighted by Gasteiger charge is 2.30. The molecule has 0 aromatic heterocycles. The van der Waals surface area contributed by atoms with Gasteiger partial charge in [-0.3, -0.25) is 4.79 Å². The molecule has 0 unspecified atom stereocenters. The van der Waals surface area contributed by atoms with Crippen molar-refractivity contribution < 1.29 is 18.0 Å². The molecule has 0 aliphatic heterocycles. The summed E-state index contributed by atoms with van der Waals surface area (Å²) in [4.78, 5) is 11.5. The van der Waals surface area contributed by atoms with Crippen LogP contribution in [0.3, 0.4) is 0 Å². The second-order valence-corrected chi connectivity index (χ2v) is 3.83. The van der Waals surface area contributed by atoms with Gasteiger partial charge < -0.3 is 11.1 Å². The molecule has 0 saturated carbocycles. The topological polar surface area (TPSA) is 55.1 Å². The van der Waals surface area contributed by atoms with Crippen LogP contribution in [0.25, 0.3) is 0 Å². The van der Waals surface area contributed by atoms with Crippen molar-refractivity contribution in [2.24, 2.45) is 5.73 Å². The van der Waals surface area contributed by atoms with Crippen LogP contribution in [-0.2, 0) is 6.18 Å². The van der Waals surface area contributed by atoms with Gasteiger partial charge in [0.05, 0.1) is 5.56 Å². The molecule has 0 heterocycles. The van der Waals surface area contributed by atoms with E-state index in [4.69, 9.17) is 5.73 Å². The summed E-state index contributed by atoms with van der Waals surface area (Å²) >= 11 is 0. The second-order valence-electron chi connectivity index (χ2n) is 3.83. The molecule has 1 rings (SSSR count). The molecule has 1 amide bonds. The van der Waals surface area contributed by atoms with Crippen molar-refractivity contribution in [2.75, 3.05) is 13.1 Å². The van der Waals surface area contributed by atoms with Crippen molar-refractivity contribution >= 4 is 18.3 Å². The highest BCUT2D eigenvalue weighted by atomic mass is 35.5. The van der Waals surface area contributed by atoms with Gasteiger partial charge >= 0.3 is 6.18 Å². The molecule has 0 fully saturated rings. The van der Waals surface area contributed by atoms with E-state index < -0.39 is 11.7 Å². The van der Waals surface area contributed by atoms with Crippen LogP contribution in [0.1, 0.15) is 28.8 Å². The first-order valence-electron chi connectivity index (χ1n) is 5.60. The van der Waals surface area contributed by atoms with E-state index in [1.165, 1.54) is 12.1 Å². The first kappa shape index (κ1) is 17.7. The van der Waals surface area contributed by atoms with Gasteiger partial charge in [-0.2, -0.15) is 13.2 Å². The molecule has 7 heteroatoms. The predicted molar refractivity (Wildman–Crippen MR) is 69.3 cm³/mol. The lowest BCUT2D eigenvalue weighted by atomic mass is 10.1. The standard InChI is InChI=1S/C12H15F3N2O.ClH/c13-12(14,15)10-5-3-9(4-6-10)11(18)17-8-2-1-7-16;/h3-6H,1-2,7-8,16H2,(H,17,18);1H. The summed E-state index contributed by atoms with van der Waals surface area (Å²) in [5.41, 5.74) is 4.75. The molecular formula is C12H16ClF3N2O. The largest absolute Gasteiger partial charge is 0.416 e. The quantitative estimate of drug-likeness (QED) is 0.821. The molecule has 1 aromatic rings. The van der Waals surface area contributed by atoms with Gasteiger partial charge in [0.15, 0.2) is 0 Å². The van der Waals surface area contributed by atoms with Gasteiger partial charge in [-0.25, -0.2) is 0 Å². The van der Waals surface area contributed by atoms with Gasteiger partial charge in [0, 0.05) is 12.1 Å². The fraction of sp³-hybridized carbons (Fsp3) is 0.417. The van der Waals surface area contributed by atoms with Crippen molar-refractivity contribution in [3.63, 3.8) is 0 Å². The first-order valence-corrected chi connectivity index (χ1v) is 5.60. The number of amides is 1. The van der Waals surface area contributed by atoms with Gasteiger partial charge in [0.2, 0.25) is 0 Å². The molecule has 0 radical (unpaired) electrons. The summed E-state index contributed by atoms with van der Waals surface area (Å²) < 4.78 is 36.9. The SMILES string of the molecule is Cl.NCCCCNC(=O)c1ccc(C(F)(F)F)cc1. The molecule has 108 valence electrons. The molecule has 0 aliphatic carbocycles. The third-order valence-electron chi connectivity index (χ3n) is 2.39. The highest BCUT2D eigenvalue weighted by molar-refractivity contribution is 5.94. The molecule has 3 nitrogen and oxygen atoms in total. The van der Waals surface area contributed by atoms with E-state index >= 15 is 0 Å². The molecule has 0 aliphatic rings. The predicted octanol–water partition coefficient (Wildman–Crippen LogP) is 2.60. The van der Waals surface area contributed by atoms with E-state index in [0.717, 1.165) is 25.0 Å². The lowest BCUT2D eigenvalue weighted by Crippen LogP contribution is -2.24. The van der Waals surface area contributed by atoms with Gasteiger partial charge in [0.1, 0.15) is 0 Å². The Morgan fingerprint density at radius 3 is 2.21 bits per heavy atom. The van der Waals surface area contributed by atoms with Crippen LogP contribution < -0.4 is 11.1 Å². The van der Waals surface area contributed by atoms with Crippen LogP contribution in [0.5, 0.6) is 0 Å². The number of nitrogens with one attached hydrogen (secondary N) is 1. The lowest BCUT2D eigenvalue weighted by molar-refractivity contribution is -0.137. The number of carbonyl (C=O) groups excluding carboxylic acids is 1. The number of benzene rings is 1. The molecule has 0 atom stereocenters. The minimum Gasteiger partial charge on any atom is -0.352 e. The highest BCUT2D eigenvalue weighted by Crippen LogP contribution is 2.28. The Hall–Kier alpha value is -1.27. The Kier molecular flexibility index (Phi) is 7.48. The van der Waals surface area contributed by atoms with Crippen molar-refractivity contribution in [2.45, 2.75) is 19.0 Å². The van der Waals surface area contributed by atoms with Gasteiger partial charge in [-0.05, 0) is 43.7 Å². The Morgan fingerprint density at radius 2 is 1.74 bits per heavy atom. The fourth-order valence-electron chi connectivity index (χ4n) is 1.38. The minimum absolute atomic E-state index is 0. The number of carbonyl (C=O) groups is 1. The summed E-state index contributed by atoms with van der Waals surface area (Å²) in [5.74, 6) is -0.374. The van der Waals surface area contributed by atoms with Crippen LogP contribution in [0.2, 0.25) is 0 Å². The van der Waals surface area contributed by atoms with E-state index in [1.54, 1.807) is 0 Å². The number of hydrogen-bond donors (Lipinski definition) is 2. The van der Waals surface area contributed by atoms with Gasteiger partial charge in [-0.1, -0.05) is 0 Å². The maximum atomic E-state index is 12.3. The Bertz CT molecular complexity index is 393. The Morgan fingerprint density at radius 1 is 1.16 bits per heavy atom. The van der Waals surface area contributed by atoms with E-state index in [1.807, 2.05) is 0 Å². The molecule has 0 bridgehead atoms. The molecular weight excluding hydrogens is 281 g/mol. The summed E-state index contributed by atoms with van der Waals surface area (Å²) in [5, 5.41) is 2.62. The Labute approximate surface area is 115 Å². The third kappa shape index (κ3) is 5.94. The van der Waals surface area contributed by atoms with Crippen molar-refractivity contribution in [1.82, 2.24) is 5.32 Å². The minimum atomic E-state index is -4.38. The van der Waals surface area contributed by atoms with Crippen LogP contribution in [-0.4, -0.2) is 19.0 Å². The zero-order valence-electron chi connectivity index (χ0n) is 10.2. The number of nitrogens with two attached hydrogens (primary N) is 1. The van der Waals surface area contributed by atoms with Crippen molar-refractivity contribution in [3.8, 4) is 0 Å². The summed E-state index contributed by atoms with van der Waals surface area (Å²) in [6, 6.07) is 4.13. The van der Waals surface area contributed by atoms with E-state index in [2.05, 4.69) is 5.32 Å². The summed E-state index contributed by atoms with van der Waals surface area (Å²) in [6.45, 7) is 1.02. The monoisotopic (exact) mass is 296 g/mol. The zero-order valence-corrected chi connectivity index (χ0v) is 11.0. The van der Waals surface area contributed by atoms with E-state index in [9.17, 15) is 18.0 Å². The summed E-state index contributed by atoms with van der Waals surface area (Å²) in [7, 11) is 0. The van der Waals surface area contributed by atoms with Gasteiger partial charge in [0.25, 0.3) is 5.91 Å². The fourth-order valence-corrected chi connectivity index (χ4v) is 1.38. The second kappa shape index (κ2) is 8.01. The van der Waals surface area contributed by atoms with Crippen molar-refractivity contribution in [1.29, 1.82) is 0 Å². The zero-order chi connectivity index (χ0) is 13.6. The van der Waals surface area contributed by atoms with Crippen molar-refractivity contribution in [3.05, 3.63) is 35.4 Å². The molecule has 3 N–H and O–H groups in total. The lowest BCUT2D eigenvalue weighted by Gasteiger charge is -2.08. The normalized spacial score (nSPS) is 10.7. The number of hydrogen-bond acceptors (Lipinski definition) is 2. The van der Waals surface area contributed by atoms with Crippen LogP contribution in [0.4, 0.5) is 13.2 Å². The third-order valence-corrected chi connectivity index (χ3v) is 2.39. The number of rotatable bonds is 5. The maximum Gasteiger partial charge on any atom is 0.416 e. The van der Waals surface area contributed by atoms with E-state index in [0.29, 0.717) is 13.1 Å². The molecule has 1 aromatic carbocycles. The maximum absolute atomic E-state index is 12.3. The van der Waals surface area contributed by atoms with Crippen LogP contribution in [0.15, 0.2) is 24.3 Å². The van der Waals surface area contributed by atoms with Crippen LogP contribution in [0, 0.1) is 0 Å². The number of alkyl halides is 3. The molecule has 0 spiro atoms. The molecule has 19 heavy (non-hydrogen) atoms. The number of unbranched alkanes of at least 4 members (excludes halogenated alkanes) is 1. The smallest absolute Gasteiger partial charge is 0.352 e. The van der Waals surface area contributed by atoms with E-state index in [-0.39, 0.29) is 23.9 Å². The summed E-state index contributed by atoms with van der Waals surface area (Å²) in [6.07, 6.45) is -2.83. The molecule has 0 saturated heterocycles. The number of halogens is 4. The van der Waals surface area contributed by atoms with Gasteiger partial charge in [-0.15, -0.1) is 12.4 Å². The average molecular weight is 297 g/mol.